The molecule has 0 radical (unpaired) electrons. The van der Waals surface area contributed by atoms with E-state index in [1.54, 1.807) is 18.5 Å². The number of thiazole rings is 1. The zero-order chi connectivity index (χ0) is 17.1. The Morgan fingerprint density at radius 1 is 1.29 bits per heavy atom. The van der Waals surface area contributed by atoms with E-state index in [2.05, 4.69) is 9.97 Å². The predicted octanol–water partition coefficient (Wildman–Crippen LogP) is 4.69. The maximum atomic E-state index is 12.6. The number of aromatic nitrogens is 2. The van der Waals surface area contributed by atoms with Gasteiger partial charge in [0.15, 0.2) is 5.78 Å². The van der Waals surface area contributed by atoms with Gasteiger partial charge >= 0.3 is 0 Å². The molecule has 0 N–H and O–H groups in total. The molecule has 0 unspecified atom stereocenters. The predicted molar refractivity (Wildman–Crippen MR) is 98.6 cm³/mol. The Labute approximate surface area is 149 Å². The molecular weight excluding hydrogens is 342 g/mol. The van der Waals surface area contributed by atoms with Crippen molar-refractivity contribution in [1.29, 1.82) is 0 Å². The van der Waals surface area contributed by atoms with Crippen molar-refractivity contribution >= 4 is 40.1 Å². The standard InChI is InChI=1S/C18H16ClN3OS/c1-12-11-24-18(21-12)9-17(23)13-6-14(19)8-16(7-13)22(2)15-4-3-5-20-10-15/h3-8,10-11H,9H2,1-2H3. The van der Waals surface area contributed by atoms with Crippen molar-refractivity contribution in [2.24, 2.45) is 0 Å². The van der Waals surface area contributed by atoms with E-state index in [9.17, 15) is 4.79 Å². The zero-order valence-electron chi connectivity index (χ0n) is 13.4. The second-order valence-corrected chi connectivity index (χ2v) is 6.83. The maximum Gasteiger partial charge on any atom is 0.169 e. The van der Waals surface area contributed by atoms with Crippen molar-refractivity contribution in [3.8, 4) is 0 Å². The number of aryl methyl sites for hydroxylation is 1. The Balaban J connectivity index is 1.87. The number of benzene rings is 1. The molecule has 0 aliphatic rings. The van der Waals surface area contributed by atoms with Crippen LogP contribution in [0, 0.1) is 6.92 Å². The van der Waals surface area contributed by atoms with Gasteiger partial charge < -0.3 is 4.90 Å². The van der Waals surface area contributed by atoms with E-state index < -0.39 is 0 Å². The third kappa shape index (κ3) is 3.80. The Morgan fingerprint density at radius 3 is 2.79 bits per heavy atom. The second kappa shape index (κ2) is 7.11. The van der Waals surface area contributed by atoms with Gasteiger partial charge in [0.1, 0.15) is 5.01 Å². The Hall–Kier alpha value is -2.24. The number of anilines is 2. The van der Waals surface area contributed by atoms with Crippen LogP contribution in [0.3, 0.4) is 0 Å². The molecule has 0 aliphatic carbocycles. The first-order valence-corrected chi connectivity index (χ1v) is 8.67. The molecule has 0 bridgehead atoms. The van der Waals surface area contributed by atoms with Crippen LogP contribution < -0.4 is 4.90 Å². The van der Waals surface area contributed by atoms with E-state index in [4.69, 9.17) is 11.6 Å². The summed E-state index contributed by atoms with van der Waals surface area (Å²) in [4.78, 5) is 23.0. The third-order valence-electron chi connectivity index (χ3n) is 3.60. The van der Waals surface area contributed by atoms with Crippen molar-refractivity contribution in [3.05, 3.63) is 69.4 Å². The molecule has 24 heavy (non-hydrogen) atoms. The molecule has 122 valence electrons. The van der Waals surface area contributed by atoms with Crippen LogP contribution in [-0.4, -0.2) is 22.8 Å². The number of carbonyl (C=O) groups is 1. The van der Waals surface area contributed by atoms with Crippen LogP contribution in [0.1, 0.15) is 21.1 Å². The van der Waals surface area contributed by atoms with Crippen molar-refractivity contribution in [1.82, 2.24) is 9.97 Å². The number of pyridine rings is 1. The number of carbonyl (C=O) groups excluding carboxylic acids is 1. The number of hydrogen-bond donors (Lipinski definition) is 0. The molecule has 4 nitrogen and oxygen atoms in total. The molecule has 0 spiro atoms. The van der Waals surface area contributed by atoms with Gasteiger partial charge in [-0.2, -0.15) is 0 Å². The van der Waals surface area contributed by atoms with Gasteiger partial charge in [0, 0.05) is 40.6 Å². The first kappa shape index (κ1) is 16.6. The SMILES string of the molecule is Cc1csc(CC(=O)c2cc(Cl)cc(N(C)c3cccnc3)c2)n1. The molecule has 2 aromatic heterocycles. The fraction of sp³-hybridized carbons (Fsp3) is 0.167. The van der Waals surface area contributed by atoms with Gasteiger partial charge in [-0.1, -0.05) is 11.6 Å². The highest BCUT2D eigenvalue weighted by Crippen LogP contribution is 2.28. The Morgan fingerprint density at radius 2 is 2.12 bits per heavy atom. The first-order chi connectivity index (χ1) is 11.5. The van der Waals surface area contributed by atoms with Gasteiger partial charge in [-0.3, -0.25) is 9.78 Å². The minimum absolute atomic E-state index is 0.00712. The van der Waals surface area contributed by atoms with Crippen LogP contribution in [0.15, 0.2) is 48.1 Å². The highest BCUT2D eigenvalue weighted by molar-refractivity contribution is 7.09. The van der Waals surface area contributed by atoms with E-state index in [1.165, 1.54) is 11.3 Å². The summed E-state index contributed by atoms with van der Waals surface area (Å²) in [5.41, 5.74) is 3.29. The topological polar surface area (TPSA) is 46.1 Å². The zero-order valence-corrected chi connectivity index (χ0v) is 14.9. The Kier molecular flexibility index (Phi) is 4.92. The highest BCUT2D eigenvalue weighted by Gasteiger charge is 2.13. The normalized spacial score (nSPS) is 10.6. The number of ketones is 1. The summed E-state index contributed by atoms with van der Waals surface area (Å²) in [6.07, 6.45) is 3.77. The Bertz CT molecular complexity index is 864. The molecule has 6 heteroatoms. The van der Waals surface area contributed by atoms with Gasteiger partial charge in [-0.25, -0.2) is 4.98 Å². The lowest BCUT2D eigenvalue weighted by Crippen LogP contribution is -2.11. The summed E-state index contributed by atoms with van der Waals surface area (Å²) in [6, 6.07) is 9.20. The fourth-order valence-electron chi connectivity index (χ4n) is 2.35. The molecule has 0 fully saturated rings. The molecule has 3 aromatic rings. The van der Waals surface area contributed by atoms with Crippen LogP contribution in [-0.2, 0) is 6.42 Å². The van der Waals surface area contributed by atoms with Crippen molar-refractivity contribution in [2.75, 3.05) is 11.9 Å². The van der Waals surface area contributed by atoms with Gasteiger partial charge in [0.2, 0.25) is 0 Å². The molecule has 0 amide bonds. The summed E-state index contributed by atoms with van der Waals surface area (Å²) >= 11 is 7.73. The summed E-state index contributed by atoms with van der Waals surface area (Å²) in [5, 5.41) is 3.30. The fourth-order valence-corrected chi connectivity index (χ4v) is 3.35. The van der Waals surface area contributed by atoms with E-state index >= 15 is 0 Å². The lowest BCUT2D eigenvalue weighted by molar-refractivity contribution is 0.0993. The van der Waals surface area contributed by atoms with E-state index in [1.807, 2.05) is 48.5 Å². The number of hydrogen-bond acceptors (Lipinski definition) is 5. The van der Waals surface area contributed by atoms with Crippen molar-refractivity contribution in [3.63, 3.8) is 0 Å². The molecule has 0 aliphatic heterocycles. The molecule has 0 saturated heterocycles. The minimum atomic E-state index is 0.00712. The van der Waals surface area contributed by atoms with Crippen LogP contribution in [0.2, 0.25) is 5.02 Å². The van der Waals surface area contributed by atoms with E-state index in [0.29, 0.717) is 10.6 Å². The summed E-state index contributed by atoms with van der Waals surface area (Å²) in [6.45, 7) is 1.92. The lowest BCUT2D eigenvalue weighted by atomic mass is 10.1. The quantitative estimate of drug-likeness (QED) is 0.621. The molecule has 1 aromatic carbocycles. The summed E-state index contributed by atoms with van der Waals surface area (Å²) in [7, 11) is 1.92. The molecule has 2 heterocycles. The minimum Gasteiger partial charge on any atom is -0.343 e. The second-order valence-electron chi connectivity index (χ2n) is 5.45. The van der Waals surface area contributed by atoms with Gasteiger partial charge in [0.05, 0.1) is 18.3 Å². The number of Topliss-reactive ketones (excluding diaryl/α,β-unsaturated/α-hetero) is 1. The highest BCUT2D eigenvalue weighted by atomic mass is 35.5. The van der Waals surface area contributed by atoms with Crippen LogP contribution >= 0.6 is 22.9 Å². The molecular formula is C18H16ClN3OS. The monoisotopic (exact) mass is 357 g/mol. The number of halogens is 1. The average Bonchev–Trinajstić information content (AvgIpc) is 2.99. The van der Waals surface area contributed by atoms with Crippen LogP contribution in [0.25, 0.3) is 0 Å². The summed E-state index contributed by atoms with van der Waals surface area (Å²) < 4.78 is 0. The first-order valence-electron chi connectivity index (χ1n) is 7.41. The van der Waals surface area contributed by atoms with Crippen molar-refractivity contribution < 1.29 is 4.79 Å². The maximum absolute atomic E-state index is 12.6. The summed E-state index contributed by atoms with van der Waals surface area (Å²) in [5.74, 6) is 0.00712. The lowest BCUT2D eigenvalue weighted by Gasteiger charge is -2.20. The largest absolute Gasteiger partial charge is 0.343 e. The van der Waals surface area contributed by atoms with Gasteiger partial charge in [-0.05, 0) is 37.3 Å². The van der Waals surface area contributed by atoms with Gasteiger partial charge in [-0.15, -0.1) is 11.3 Å². The number of rotatable bonds is 5. The van der Waals surface area contributed by atoms with E-state index in [-0.39, 0.29) is 12.2 Å². The van der Waals surface area contributed by atoms with Gasteiger partial charge in [0.25, 0.3) is 0 Å². The van der Waals surface area contributed by atoms with Crippen LogP contribution in [0.5, 0.6) is 0 Å². The molecule has 0 atom stereocenters. The average molecular weight is 358 g/mol. The molecule has 0 saturated carbocycles. The van der Waals surface area contributed by atoms with Crippen molar-refractivity contribution in [2.45, 2.75) is 13.3 Å². The van der Waals surface area contributed by atoms with E-state index in [0.717, 1.165) is 22.1 Å². The molecule has 3 rings (SSSR count). The number of nitrogens with zero attached hydrogens (tertiary/aromatic N) is 3. The third-order valence-corrected chi connectivity index (χ3v) is 4.79. The van der Waals surface area contributed by atoms with Crippen LogP contribution in [0.4, 0.5) is 11.4 Å². The smallest absolute Gasteiger partial charge is 0.169 e.